The summed E-state index contributed by atoms with van der Waals surface area (Å²) in [5.74, 6) is 0. The van der Waals surface area contributed by atoms with Gasteiger partial charge in [0.05, 0.1) is 26.6 Å². The zero-order chi connectivity index (χ0) is 20.4. The molecule has 28 heavy (non-hydrogen) atoms. The lowest BCUT2D eigenvalue weighted by Gasteiger charge is -2.06. The average Bonchev–Trinajstić information content (AvgIpc) is 2.98. The topological polar surface area (TPSA) is 94.8 Å². The van der Waals surface area contributed by atoms with Crippen molar-refractivity contribution in [2.75, 3.05) is 19.5 Å². The molecule has 0 spiro atoms. The lowest BCUT2D eigenvalue weighted by molar-refractivity contribution is 0.139. The van der Waals surface area contributed by atoms with Crippen molar-refractivity contribution in [1.29, 1.82) is 0 Å². The number of aromatic nitrogens is 1. The van der Waals surface area contributed by atoms with Gasteiger partial charge >= 0.3 is 0 Å². The lowest BCUT2D eigenvalue weighted by atomic mass is 10.3. The van der Waals surface area contributed by atoms with E-state index in [-0.39, 0.29) is 14.6 Å². The van der Waals surface area contributed by atoms with Gasteiger partial charge in [0.2, 0.25) is 4.80 Å². The quantitative estimate of drug-likeness (QED) is 0.526. The Kier molecular flexibility index (Phi) is 6.04. The summed E-state index contributed by atoms with van der Waals surface area (Å²) in [6, 6.07) is 12.7. The second kappa shape index (κ2) is 8.16. The molecule has 0 saturated carbocycles. The van der Waals surface area contributed by atoms with E-state index in [2.05, 4.69) is 4.40 Å². The minimum absolute atomic E-state index is 0.0978. The third kappa shape index (κ3) is 4.52. The van der Waals surface area contributed by atoms with Crippen LogP contribution in [-0.4, -0.2) is 40.9 Å². The van der Waals surface area contributed by atoms with Gasteiger partial charge in [-0.2, -0.15) is 8.42 Å². The Labute approximate surface area is 167 Å². The van der Waals surface area contributed by atoms with Crippen LogP contribution in [0.25, 0.3) is 10.2 Å². The van der Waals surface area contributed by atoms with E-state index in [1.165, 1.54) is 18.2 Å². The second-order valence-corrected chi connectivity index (χ2v) is 10.6. The summed E-state index contributed by atoms with van der Waals surface area (Å²) in [5, 5.41) is 0. The molecule has 3 rings (SSSR count). The summed E-state index contributed by atoms with van der Waals surface area (Å²) in [7, 11) is -7.27. The molecule has 0 unspecified atom stereocenters. The molecule has 0 bridgehead atoms. The molecule has 7 nitrogen and oxygen atoms in total. The minimum atomic E-state index is -3.90. The van der Waals surface area contributed by atoms with Crippen LogP contribution in [0.2, 0.25) is 0 Å². The third-order valence-electron chi connectivity index (χ3n) is 3.99. The van der Waals surface area contributed by atoms with Gasteiger partial charge in [-0.05, 0) is 37.3 Å². The summed E-state index contributed by atoms with van der Waals surface area (Å²) >= 11 is 1.13. The first-order valence-corrected chi connectivity index (χ1v) is 12.6. The van der Waals surface area contributed by atoms with Gasteiger partial charge in [0, 0.05) is 19.4 Å². The molecule has 0 aliphatic carbocycles. The number of fused-ring (bicyclic) bond motifs is 1. The maximum atomic E-state index is 12.7. The molecule has 1 heterocycles. The van der Waals surface area contributed by atoms with E-state index in [9.17, 15) is 16.8 Å². The molecule has 10 heteroatoms. The fourth-order valence-electron chi connectivity index (χ4n) is 2.62. The van der Waals surface area contributed by atoms with E-state index in [4.69, 9.17) is 4.74 Å². The number of sulfone groups is 1. The Morgan fingerprint density at radius 2 is 1.75 bits per heavy atom. The summed E-state index contributed by atoms with van der Waals surface area (Å²) in [6.07, 6.45) is 1.13. The van der Waals surface area contributed by atoms with Gasteiger partial charge in [-0.15, -0.1) is 4.40 Å². The first kappa shape index (κ1) is 20.7. The highest BCUT2D eigenvalue weighted by Crippen LogP contribution is 2.22. The van der Waals surface area contributed by atoms with E-state index < -0.39 is 19.9 Å². The van der Waals surface area contributed by atoms with Crippen molar-refractivity contribution in [1.82, 2.24) is 4.57 Å². The number of hydrogen-bond acceptors (Lipinski definition) is 6. The van der Waals surface area contributed by atoms with Gasteiger partial charge < -0.3 is 9.30 Å². The van der Waals surface area contributed by atoms with E-state index in [1.54, 1.807) is 34.9 Å². The number of ether oxygens (including phenoxy) is 1. The summed E-state index contributed by atoms with van der Waals surface area (Å²) in [4.78, 5) is 0.542. The van der Waals surface area contributed by atoms with Crippen molar-refractivity contribution in [3.05, 3.63) is 53.3 Å². The molecule has 0 N–H and O–H groups in total. The van der Waals surface area contributed by atoms with E-state index in [0.717, 1.165) is 17.6 Å². The lowest BCUT2D eigenvalue weighted by Crippen LogP contribution is -2.19. The maximum absolute atomic E-state index is 12.7. The Balaban J connectivity index is 2.20. The molecule has 3 aromatic rings. The summed E-state index contributed by atoms with van der Waals surface area (Å²) < 4.78 is 60.9. The third-order valence-corrected chi connectivity index (χ3v) is 7.53. The molecule has 2 aromatic carbocycles. The van der Waals surface area contributed by atoms with Crippen molar-refractivity contribution >= 4 is 41.4 Å². The zero-order valence-electron chi connectivity index (χ0n) is 15.4. The van der Waals surface area contributed by atoms with Crippen LogP contribution in [0.3, 0.4) is 0 Å². The minimum Gasteiger partial charge on any atom is -0.380 e. The SMILES string of the molecule is CCOCCn1c(=NS(=O)(=O)c2ccccc2)sc2cc(S(C)(=O)=O)ccc21. The van der Waals surface area contributed by atoms with Gasteiger partial charge in [-0.25, -0.2) is 8.42 Å². The molecule has 0 aliphatic heterocycles. The highest BCUT2D eigenvalue weighted by atomic mass is 32.2. The van der Waals surface area contributed by atoms with Crippen LogP contribution in [0.5, 0.6) is 0 Å². The van der Waals surface area contributed by atoms with E-state index >= 15 is 0 Å². The number of benzene rings is 2. The van der Waals surface area contributed by atoms with Gasteiger partial charge in [0.25, 0.3) is 10.0 Å². The fraction of sp³-hybridized carbons (Fsp3) is 0.278. The molecule has 0 amide bonds. The van der Waals surface area contributed by atoms with Gasteiger partial charge in [-0.1, -0.05) is 29.5 Å². The molecule has 1 aromatic heterocycles. The first-order valence-electron chi connectivity index (χ1n) is 8.49. The van der Waals surface area contributed by atoms with Crippen molar-refractivity contribution in [3.8, 4) is 0 Å². The standard InChI is InChI=1S/C18H20N2O5S3/c1-3-25-12-11-20-16-10-9-15(27(2,21)22)13-17(16)26-18(20)19-28(23,24)14-7-5-4-6-8-14/h4-10,13H,3,11-12H2,1-2H3. The Morgan fingerprint density at radius 1 is 1.04 bits per heavy atom. The molecular weight excluding hydrogens is 420 g/mol. The number of rotatable bonds is 7. The van der Waals surface area contributed by atoms with Crippen LogP contribution < -0.4 is 4.80 Å². The second-order valence-electron chi connectivity index (χ2n) is 6.01. The molecule has 0 fully saturated rings. The highest BCUT2D eigenvalue weighted by Gasteiger charge is 2.16. The fourth-order valence-corrected chi connectivity index (χ4v) is 5.66. The molecule has 0 atom stereocenters. The number of hydrogen-bond donors (Lipinski definition) is 0. The molecule has 0 saturated heterocycles. The summed E-state index contributed by atoms with van der Waals surface area (Å²) in [6.45, 7) is 3.19. The number of nitrogens with zero attached hydrogens (tertiary/aromatic N) is 2. The van der Waals surface area contributed by atoms with Crippen LogP contribution in [0.4, 0.5) is 0 Å². The largest absolute Gasteiger partial charge is 0.380 e. The van der Waals surface area contributed by atoms with Crippen molar-refractivity contribution in [2.45, 2.75) is 23.3 Å². The van der Waals surface area contributed by atoms with Crippen LogP contribution >= 0.6 is 11.3 Å². The molecule has 150 valence electrons. The molecule has 0 aliphatic rings. The Morgan fingerprint density at radius 3 is 2.39 bits per heavy atom. The maximum Gasteiger partial charge on any atom is 0.285 e. The molecule has 0 radical (unpaired) electrons. The Bertz CT molecular complexity index is 1260. The predicted molar refractivity (Wildman–Crippen MR) is 109 cm³/mol. The average molecular weight is 441 g/mol. The number of thiazole rings is 1. The number of sulfonamides is 1. The Hall–Kier alpha value is -2.01. The highest BCUT2D eigenvalue weighted by molar-refractivity contribution is 7.90. The normalized spacial score (nSPS) is 13.3. The smallest absolute Gasteiger partial charge is 0.285 e. The van der Waals surface area contributed by atoms with Gasteiger partial charge in [0.15, 0.2) is 9.84 Å². The van der Waals surface area contributed by atoms with Crippen molar-refractivity contribution < 1.29 is 21.6 Å². The first-order chi connectivity index (χ1) is 13.2. The van der Waals surface area contributed by atoms with Crippen LogP contribution in [-0.2, 0) is 31.1 Å². The molecular formula is C18H20N2O5S3. The zero-order valence-corrected chi connectivity index (χ0v) is 17.9. The van der Waals surface area contributed by atoms with Crippen LogP contribution in [0.1, 0.15) is 6.92 Å². The van der Waals surface area contributed by atoms with Gasteiger partial charge in [-0.3, -0.25) is 0 Å². The van der Waals surface area contributed by atoms with E-state index in [1.807, 2.05) is 6.92 Å². The van der Waals surface area contributed by atoms with Crippen LogP contribution in [0, 0.1) is 0 Å². The monoisotopic (exact) mass is 440 g/mol. The van der Waals surface area contributed by atoms with Crippen LogP contribution in [0.15, 0.2) is 62.7 Å². The van der Waals surface area contributed by atoms with Crippen molar-refractivity contribution in [3.63, 3.8) is 0 Å². The summed E-state index contributed by atoms with van der Waals surface area (Å²) in [5.41, 5.74) is 0.708. The van der Waals surface area contributed by atoms with E-state index in [0.29, 0.717) is 30.0 Å². The van der Waals surface area contributed by atoms with Gasteiger partial charge in [0.1, 0.15) is 0 Å². The predicted octanol–water partition coefficient (Wildman–Crippen LogP) is 2.43. The van der Waals surface area contributed by atoms with Crippen molar-refractivity contribution in [2.24, 2.45) is 4.40 Å².